The standard InChI is InChI=1S/C13H17NS2/c1-3-14-13(6-11-4-5-15-8-11)12-9-16-7-10(12)2/h4-5,7-9,13-14H,3,6H2,1-2H3. The van der Waals surface area contributed by atoms with E-state index in [1.807, 2.05) is 0 Å². The van der Waals surface area contributed by atoms with E-state index in [0.717, 1.165) is 13.0 Å². The molecule has 0 radical (unpaired) electrons. The zero-order chi connectivity index (χ0) is 11.4. The van der Waals surface area contributed by atoms with Gasteiger partial charge in [0.2, 0.25) is 0 Å². The largest absolute Gasteiger partial charge is 0.310 e. The Labute approximate surface area is 105 Å². The molecule has 0 aliphatic heterocycles. The first-order valence-electron chi connectivity index (χ1n) is 5.58. The molecule has 0 bridgehead atoms. The van der Waals surface area contributed by atoms with Crippen molar-refractivity contribution in [3.63, 3.8) is 0 Å². The highest BCUT2D eigenvalue weighted by Gasteiger charge is 2.14. The molecule has 2 aromatic rings. The molecule has 1 nitrogen and oxygen atoms in total. The predicted molar refractivity (Wildman–Crippen MR) is 73.5 cm³/mol. The van der Waals surface area contributed by atoms with Gasteiger partial charge in [-0.15, -0.1) is 0 Å². The van der Waals surface area contributed by atoms with Crippen molar-refractivity contribution >= 4 is 22.7 Å². The molecule has 2 aromatic heterocycles. The van der Waals surface area contributed by atoms with E-state index in [2.05, 4.69) is 46.8 Å². The van der Waals surface area contributed by atoms with Gasteiger partial charge in [0.25, 0.3) is 0 Å². The summed E-state index contributed by atoms with van der Waals surface area (Å²) in [5.41, 5.74) is 4.30. The molecule has 0 aliphatic carbocycles. The summed E-state index contributed by atoms with van der Waals surface area (Å²) in [4.78, 5) is 0. The Hall–Kier alpha value is -0.640. The van der Waals surface area contributed by atoms with Gasteiger partial charge in [0.05, 0.1) is 0 Å². The van der Waals surface area contributed by atoms with Crippen molar-refractivity contribution < 1.29 is 0 Å². The zero-order valence-corrected chi connectivity index (χ0v) is 11.3. The summed E-state index contributed by atoms with van der Waals surface area (Å²) in [6.07, 6.45) is 1.09. The van der Waals surface area contributed by atoms with Gasteiger partial charge >= 0.3 is 0 Å². The summed E-state index contributed by atoms with van der Waals surface area (Å²) >= 11 is 3.57. The first-order valence-corrected chi connectivity index (χ1v) is 7.47. The van der Waals surface area contributed by atoms with Crippen molar-refractivity contribution in [2.24, 2.45) is 0 Å². The maximum Gasteiger partial charge on any atom is 0.0371 e. The third-order valence-corrected chi connectivity index (χ3v) is 4.35. The molecule has 3 heteroatoms. The number of nitrogens with one attached hydrogen (secondary N) is 1. The molecule has 2 heterocycles. The van der Waals surface area contributed by atoms with E-state index in [9.17, 15) is 0 Å². The van der Waals surface area contributed by atoms with Crippen LogP contribution in [0, 0.1) is 6.92 Å². The highest BCUT2D eigenvalue weighted by Crippen LogP contribution is 2.25. The van der Waals surface area contributed by atoms with Crippen LogP contribution in [-0.2, 0) is 6.42 Å². The van der Waals surface area contributed by atoms with Crippen molar-refractivity contribution in [1.82, 2.24) is 5.32 Å². The fourth-order valence-corrected chi connectivity index (χ4v) is 3.50. The van der Waals surface area contributed by atoms with Gasteiger partial charge in [0.1, 0.15) is 0 Å². The lowest BCUT2D eigenvalue weighted by molar-refractivity contribution is 0.550. The second kappa shape index (κ2) is 5.62. The van der Waals surface area contributed by atoms with Crippen LogP contribution < -0.4 is 5.32 Å². The SMILES string of the molecule is CCNC(Cc1ccsc1)c1cscc1C. The molecular weight excluding hydrogens is 234 g/mol. The Kier molecular flexibility index (Phi) is 4.16. The van der Waals surface area contributed by atoms with Gasteiger partial charge in [0, 0.05) is 6.04 Å². The van der Waals surface area contributed by atoms with E-state index in [-0.39, 0.29) is 0 Å². The lowest BCUT2D eigenvalue weighted by Gasteiger charge is -2.17. The number of hydrogen-bond acceptors (Lipinski definition) is 3. The van der Waals surface area contributed by atoms with Crippen LogP contribution in [0.15, 0.2) is 27.6 Å². The molecule has 0 amide bonds. The topological polar surface area (TPSA) is 12.0 Å². The summed E-state index contributed by atoms with van der Waals surface area (Å²) in [7, 11) is 0. The number of rotatable bonds is 5. The van der Waals surface area contributed by atoms with Crippen LogP contribution in [0.5, 0.6) is 0 Å². The van der Waals surface area contributed by atoms with Crippen LogP contribution >= 0.6 is 22.7 Å². The lowest BCUT2D eigenvalue weighted by Crippen LogP contribution is -2.22. The molecule has 86 valence electrons. The van der Waals surface area contributed by atoms with E-state index in [1.54, 1.807) is 22.7 Å². The van der Waals surface area contributed by atoms with Crippen molar-refractivity contribution in [1.29, 1.82) is 0 Å². The Balaban J connectivity index is 2.14. The monoisotopic (exact) mass is 251 g/mol. The summed E-state index contributed by atoms with van der Waals surface area (Å²) < 4.78 is 0. The maximum absolute atomic E-state index is 3.58. The fraction of sp³-hybridized carbons (Fsp3) is 0.385. The molecule has 1 atom stereocenters. The Morgan fingerprint density at radius 1 is 1.25 bits per heavy atom. The maximum atomic E-state index is 3.58. The van der Waals surface area contributed by atoms with Crippen LogP contribution in [0.1, 0.15) is 29.7 Å². The number of hydrogen-bond donors (Lipinski definition) is 1. The minimum absolute atomic E-state index is 0.464. The normalized spacial score (nSPS) is 12.9. The van der Waals surface area contributed by atoms with Crippen LogP contribution in [-0.4, -0.2) is 6.54 Å². The van der Waals surface area contributed by atoms with Gasteiger partial charge in [-0.3, -0.25) is 0 Å². The average Bonchev–Trinajstić information content (AvgIpc) is 2.88. The Bertz CT molecular complexity index is 417. The van der Waals surface area contributed by atoms with Crippen LogP contribution in [0.25, 0.3) is 0 Å². The quantitative estimate of drug-likeness (QED) is 0.846. The third kappa shape index (κ3) is 2.73. The third-order valence-electron chi connectivity index (χ3n) is 2.74. The van der Waals surface area contributed by atoms with E-state index in [1.165, 1.54) is 16.7 Å². The number of likely N-dealkylation sites (N-methyl/N-ethyl adjacent to an activating group) is 1. The van der Waals surface area contributed by atoms with E-state index in [4.69, 9.17) is 0 Å². The van der Waals surface area contributed by atoms with E-state index < -0.39 is 0 Å². The summed E-state index contributed by atoms with van der Waals surface area (Å²) in [6, 6.07) is 2.68. The average molecular weight is 251 g/mol. The molecule has 1 unspecified atom stereocenters. The molecule has 0 aromatic carbocycles. The van der Waals surface area contributed by atoms with Gasteiger partial charge in [0.15, 0.2) is 0 Å². The summed E-state index contributed by atoms with van der Waals surface area (Å²) in [5.74, 6) is 0. The van der Waals surface area contributed by atoms with Crippen molar-refractivity contribution in [2.75, 3.05) is 6.54 Å². The first kappa shape index (κ1) is 11.8. The van der Waals surface area contributed by atoms with Crippen LogP contribution in [0.4, 0.5) is 0 Å². The summed E-state index contributed by atoms with van der Waals surface area (Å²) in [6.45, 7) is 5.39. The minimum atomic E-state index is 0.464. The van der Waals surface area contributed by atoms with Gasteiger partial charge < -0.3 is 5.32 Å². The molecule has 0 fully saturated rings. The minimum Gasteiger partial charge on any atom is -0.310 e. The molecule has 1 N–H and O–H groups in total. The van der Waals surface area contributed by atoms with Crippen molar-refractivity contribution in [3.05, 3.63) is 44.3 Å². The Morgan fingerprint density at radius 3 is 2.69 bits per heavy atom. The first-order chi connectivity index (χ1) is 7.81. The second-order valence-corrected chi connectivity index (χ2v) is 5.48. The van der Waals surface area contributed by atoms with Crippen LogP contribution in [0.3, 0.4) is 0 Å². The zero-order valence-electron chi connectivity index (χ0n) is 9.69. The number of aryl methyl sites for hydroxylation is 1. The molecule has 2 rings (SSSR count). The second-order valence-electron chi connectivity index (χ2n) is 3.96. The lowest BCUT2D eigenvalue weighted by atomic mass is 10.0. The molecule has 0 saturated heterocycles. The predicted octanol–water partition coefficient (Wildman–Crippen LogP) is 4.01. The van der Waals surface area contributed by atoms with Crippen LogP contribution in [0.2, 0.25) is 0 Å². The highest BCUT2D eigenvalue weighted by molar-refractivity contribution is 7.08. The smallest absolute Gasteiger partial charge is 0.0371 e. The molecule has 16 heavy (non-hydrogen) atoms. The molecule has 0 spiro atoms. The van der Waals surface area contributed by atoms with Crippen molar-refractivity contribution in [2.45, 2.75) is 26.3 Å². The van der Waals surface area contributed by atoms with E-state index in [0.29, 0.717) is 6.04 Å². The molecule has 0 saturated carbocycles. The molecule has 0 aliphatic rings. The van der Waals surface area contributed by atoms with Gasteiger partial charge in [-0.1, -0.05) is 6.92 Å². The van der Waals surface area contributed by atoms with Gasteiger partial charge in [-0.05, 0) is 64.2 Å². The van der Waals surface area contributed by atoms with Gasteiger partial charge in [-0.25, -0.2) is 0 Å². The highest BCUT2D eigenvalue weighted by atomic mass is 32.1. The van der Waals surface area contributed by atoms with E-state index >= 15 is 0 Å². The Morgan fingerprint density at radius 2 is 2.12 bits per heavy atom. The fourth-order valence-electron chi connectivity index (χ4n) is 1.91. The summed E-state index contributed by atoms with van der Waals surface area (Å²) in [5, 5.41) is 12.5. The molecular formula is C13H17NS2. The van der Waals surface area contributed by atoms with Crippen molar-refractivity contribution in [3.8, 4) is 0 Å². The number of thiophene rings is 2. The van der Waals surface area contributed by atoms with Gasteiger partial charge in [-0.2, -0.15) is 22.7 Å².